The quantitative estimate of drug-likeness (QED) is 0.524. The number of fused-ring (bicyclic) bond motifs is 1. The van der Waals surface area contributed by atoms with Gasteiger partial charge in [0.05, 0.1) is 7.11 Å². The first kappa shape index (κ1) is 24.8. The van der Waals surface area contributed by atoms with Gasteiger partial charge in [-0.3, -0.25) is 4.79 Å². The smallest absolute Gasteiger partial charge is 0.251 e. The van der Waals surface area contributed by atoms with Gasteiger partial charge in [-0.05, 0) is 98.9 Å². The molecule has 0 aliphatic carbocycles. The average molecular weight is 489 g/mol. The van der Waals surface area contributed by atoms with Crippen LogP contribution in [0.5, 0.6) is 5.75 Å². The lowest BCUT2D eigenvalue weighted by molar-refractivity contribution is 0.0963. The first-order chi connectivity index (χ1) is 17.6. The Morgan fingerprint density at radius 1 is 1.00 bits per heavy atom. The number of piperidine rings is 2. The second-order valence-electron chi connectivity index (χ2n) is 10.5. The summed E-state index contributed by atoms with van der Waals surface area (Å²) in [6.45, 7) is 5.62. The van der Waals surface area contributed by atoms with Crippen molar-refractivity contribution in [2.75, 3.05) is 53.9 Å². The first-order valence-electron chi connectivity index (χ1n) is 13.5. The minimum absolute atomic E-state index is 0.0326. The minimum atomic E-state index is -0.0326. The van der Waals surface area contributed by atoms with Gasteiger partial charge in [0, 0.05) is 50.0 Å². The normalized spacial score (nSPS) is 18.5. The van der Waals surface area contributed by atoms with Crippen molar-refractivity contribution < 1.29 is 9.53 Å². The number of rotatable bonds is 7. The number of hydrogen-bond acceptors (Lipinski definition) is 4. The lowest BCUT2D eigenvalue weighted by atomic mass is 9.88. The number of ether oxygens (including phenoxy) is 1. The molecule has 192 valence electrons. The van der Waals surface area contributed by atoms with Crippen molar-refractivity contribution in [2.45, 2.75) is 44.1 Å². The highest BCUT2D eigenvalue weighted by atomic mass is 16.5. The zero-order valence-electron chi connectivity index (χ0n) is 22.0. The van der Waals surface area contributed by atoms with E-state index in [2.05, 4.69) is 63.3 Å². The fraction of sp³-hybridized carbons (Fsp3) is 0.500. The van der Waals surface area contributed by atoms with Gasteiger partial charge in [-0.2, -0.15) is 0 Å². The van der Waals surface area contributed by atoms with Crippen LogP contribution in [0.15, 0.2) is 48.7 Å². The van der Waals surface area contributed by atoms with Crippen LogP contribution >= 0.6 is 0 Å². The Morgan fingerprint density at radius 2 is 1.78 bits per heavy atom. The number of amides is 1. The van der Waals surface area contributed by atoms with E-state index in [1.165, 1.54) is 42.4 Å². The molecule has 2 saturated heterocycles. The van der Waals surface area contributed by atoms with Gasteiger partial charge in [0.15, 0.2) is 0 Å². The lowest BCUT2D eigenvalue weighted by Crippen LogP contribution is -2.36. The van der Waals surface area contributed by atoms with E-state index < -0.39 is 0 Å². The molecular weight excluding hydrogens is 448 g/mol. The van der Waals surface area contributed by atoms with Crippen LogP contribution in [-0.4, -0.2) is 74.2 Å². The second kappa shape index (κ2) is 11.1. The molecule has 0 spiro atoms. The van der Waals surface area contributed by atoms with Gasteiger partial charge in [0.1, 0.15) is 5.75 Å². The number of benzene rings is 2. The molecule has 3 heterocycles. The van der Waals surface area contributed by atoms with E-state index in [1.807, 2.05) is 12.1 Å². The van der Waals surface area contributed by atoms with Crippen molar-refractivity contribution in [1.29, 1.82) is 0 Å². The molecule has 1 aromatic heterocycles. The number of hydrogen-bond donors (Lipinski definition) is 1. The first-order valence-corrected chi connectivity index (χ1v) is 13.5. The summed E-state index contributed by atoms with van der Waals surface area (Å²) in [4.78, 5) is 17.2. The molecule has 2 aliphatic heterocycles. The Bertz CT molecular complexity index is 1190. The number of methoxy groups -OCH3 is 1. The van der Waals surface area contributed by atoms with Crippen LogP contribution in [0, 0.1) is 0 Å². The van der Waals surface area contributed by atoms with Crippen LogP contribution in [0.4, 0.5) is 0 Å². The number of carbonyl (C=O) groups excluding carboxylic acids is 1. The summed E-state index contributed by atoms with van der Waals surface area (Å²) in [6, 6.07) is 15.5. The lowest BCUT2D eigenvalue weighted by Gasteiger charge is -2.33. The molecule has 3 aromatic rings. The minimum Gasteiger partial charge on any atom is -0.496 e. The molecule has 0 saturated carbocycles. The highest BCUT2D eigenvalue weighted by Crippen LogP contribution is 2.32. The van der Waals surface area contributed by atoms with E-state index in [0.717, 1.165) is 55.7 Å². The van der Waals surface area contributed by atoms with Crippen molar-refractivity contribution >= 4 is 16.8 Å². The molecule has 0 radical (unpaired) electrons. The molecular formula is C30H40N4O2. The van der Waals surface area contributed by atoms with E-state index in [9.17, 15) is 4.79 Å². The van der Waals surface area contributed by atoms with Crippen LogP contribution in [0.2, 0.25) is 0 Å². The van der Waals surface area contributed by atoms with E-state index in [4.69, 9.17) is 4.74 Å². The van der Waals surface area contributed by atoms with Crippen molar-refractivity contribution in [3.63, 3.8) is 0 Å². The van der Waals surface area contributed by atoms with Gasteiger partial charge in [0.25, 0.3) is 5.91 Å². The second-order valence-corrected chi connectivity index (χ2v) is 10.5. The Labute approximate surface area is 215 Å². The summed E-state index contributed by atoms with van der Waals surface area (Å²) in [6.07, 6.45) is 7.96. The van der Waals surface area contributed by atoms with Crippen LogP contribution in [0.3, 0.4) is 0 Å². The van der Waals surface area contributed by atoms with Crippen molar-refractivity contribution in [1.82, 2.24) is 19.7 Å². The molecule has 2 aliphatic rings. The van der Waals surface area contributed by atoms with Gasteiger partial charge >= 0.3 is 0 Å². The summed E-state index contributed by atoms with van der Waals surface area (Å²) in [5.74, 6) is 1.66. The van der Waals surface area contributed by atoms with Gasteiger partial charge in [-0.15, -0.1) is 0 Å². The predicted octanol–water partition coefficient (Wildman–Crippen LogP) is 4.70. The fourth-order valence-corrected chi connectivity index (χ4v) is 6.04. The monoisotopic (exact) mass is 488 g/mol. The number of likely N-dealkylation sites (tertiary alicyclic amines) is 2. The largest absolute Gasteiger partial charge is 0.496 e. The Kier molecular flexibility index (Phi) is 7.63. The fourth-order valence-electron chi connectivity index (χ4n) is 6.04. The standard InChI is InChI=1S/C30H40N4O2/c1-31-30(35)26-5-4-23-11-19-34(28(23)21-26)27-12-17-33(18-13-27)16-10-25-20-24(6-7-29(25)36-3)22-8-14-32(2)15-9-22/h4-7,11,19-22,27H,8-10,12-18H2,1-3H3,(H,31,35). The van der Waals surface area contributed by atoms with Crippen molar-refractivity contribution in [3.8, 4) is 5.75 Å². The molecule has 6 heteroatoms. The maximum Gasteiger partial charge on any atom is 0.251 e. The molecule has 36 heavy (non-hydrogen) atoms. The molecule has 5 rings (SSSR count). The Morgan fingerprint density at radius 3 is 2.50 bits per heavy atom. The highest BCUT2D eigenvalue weighted by molar-refractivity contribution is 5.97. The Hall–Kier alpha value is -2.83. The summed E-state index contributed by atoms with van der Waals surface area (Å²) in [5, 5.41) is 3.93. The third kappa shape index (κ3) is 5.30. The summed E-state index contributed by atoms with van der Waals surface area (Å²) < 4.78 is 8.11. The topological polar surface area (TPSA) is 49.7 Å². The number of carbonyl (C=O) groups is 1. The maximum atomic E-state index is 12.1. The van der Waals surface area contributed by atoms with Gasteiger partial charge in [-0.1, -0.05) is 18.2 Å². The maximum absolute atomic E-state index is 12.1. The molecule has 2 fully saturated rings. The van der Waals surface area contributed by atoms with E-state index in [-0.39, 0.29) is 5.91 Å². The third-order valence-electron chi connectivity index (χ3n) is 8.35. The molecule has 2 aromatic carbocycles. The van der Waals surface area contributed by atoms with E-state index in [0.29, 0.717) is 12.0 Å². The number of nitrogens with zero attached hydrogens (tertiary/aromatic N) is 3. The SMILES string of the molecule is CNC(=O)c1ccc2ccn(C3CCN(CCc4cc(C5CCN(C)CC5)ccc4OC)CC3)c2c1. The molecule has 0 bridgehead atoms. The molecule has 0 atom stereocenters. The van der Waals surface area contributed by atoms with Crippen LogP contribution in [-0.2, 0) is 6.42 Å². The van der Waals surface area contributed by atoms with Crippen LogP contribution in [0.25, 0.3) is 10.9 Å². The number of aromatic nitrogens is 1. The summed E-state index contributed by atoms with van der Waals surface area (Å²) in [5.41, 5.74) is 4.70. The average Bonchev–Trinajstić information content (AvgIpc) is 3.35. The highest BCUT2D eigenvalue weighted by Gasteiger charge is 2.23. The zero-order chi connectivity index (χ0) is 25.1. The van der Waals surface area contributed by atoms with Crippen LogP contribution in [0.1, 0.15) is 59.1 Å². The molecule has 0 unspecified atom stereocenters. The molecule has 1 amide bonds. The van der Waals surface area contributed by atoms with E-state index in [1.54, 1.807) is 14.2 Å². The van der Waals surface area contributed by atoms with Gasteiger partial charge < -0.3 is 24.4 Å². The van der Waals surface area contributed by atoms with E-state index >= 15 is 0 Å². The summed E-state index contributed by atoms with van der Waals surface area (Å²) >= 11 is 0. The zero-order valence-corrected chi connectivity index (χ0v) is 22.0. The van der Waals surface area contributed by atoms with Crippen LogP contribution < -0.4 is 10.1 Å². The predicted molar refractivity (Wildman–Crippen MR) is 146 cm³/mol. The van der Waals surface area contributed by atoms with Crippen molar-refractivity contribution in [2.24, 2.45) is 0 Å². The summed E-state index contributed by atoms with van der Waals surface area (Å²) in [7, 11) is 5.69. The van der Waals surface area contributed by atoms with Crippen molar-refractivity contribution in [3.05, 3.63) is 65.4 Å². The van der Waals surface area contributed by atoms with Gasteiger partial charge in [-0.25, -0.2) is 0 Å². The third-order valence-corrected chi connectivity index (χ3v) is 8.35. The Balaban J connectivity index is 1.21. The molecule has 6 nitrogen and oxygen atoms in total. The van der Waals surface area contributed by atoms with Gasteiger partial charge in [0.2, 0.25) is 0 Å². The molecule has 1 N–H and O–H groups in total. The number of nitrogens with one attached hydrogen (secondary N) is 1.